The molecule has 1 aliphatic rings. The molecule has 11 aromatic rings. The molecule has 0 amide bonds. The van der Waals surface area contributed by atoms with Gasteiger partial charge in [-0.3, -0.25) is 0 Å². The molecule has 282 valence electrons. The van der Waals surface area contributed by atoms with E-state index in [0.29, 0.717) is 0 Å². The zero-order valence-corrected chi connectivity index (χ0v) is 34.1. The summed E-state index contributed by atoms with van der Waals surface area (Å²) >= 11 is 0. The molecule has 0 radical (unpaired) electrons. The van der Waals surface area contributed by atoms with Gasteiger partial charge in [0.25, 0.3) is 0 Å². The fourth-order valence-electron chi connectivity index (χ4n) is 10.7. The Morgan fingerprint density at radius 2 is 0.750 bits per heavy atom. The van der Waals surface area contributed by atoms with Crippen molar-refractivity contribution in [2.45, 2.75) is 26.2 Å². The van der Waals surface area contributed by atoms with Crippen molar-refractivity contribution in [3.05, 3.63) is 217 Å². The minimum absolute atomic E-state index is 0.0860. The van der Waals surface area contributed by atoms with Gasteiger partial charge in [0.1, 0.15) is 0 Å². The maximum atomic E-state index is 2.48. The Morgan fingerprint density at radius 3 is 1.33 bits per heavy atom. The minimum Gasteiger partial charge on any atom is -0.0622 e. The van der Waals surface area contributed by atoms with Gasteiger partial charge in [0.15, 0.2) is 0 Å². The smallest absolute Gasteiger partial charge is 0.0159 e. The second kappa shape index (κ2) is 13.1. The molecule has 0 aliphatic heterocycles. The lowest BCUT2D eigenvalue weighted by Gasteiger charge is -2.24. The zero-order valence-electron chi connectivity index (χ0n) is 34.1. The molecule has 0 bridgehead atoms. The molecule has 0 saturated heterocycles. The maximum absolute atomic E-state index is 2.48. The highest BCUT2D eigenvalue weighted by Crippen LogP contribution is 2.53. The summed E-state index contributed by atoms with van der Waals surface area (Å²) in [6.07, 6.45) is 0. The molecule has 0 heteroatoms. The monoisotopic (exact) mass is 762 g/mol. The van der Waals surface area contributed by atoms with Gasteiger partial charge in [0.2, 0.25) is 0 Å². The van der Waals surface area contributed by atoms with Crippen molar-refractivity contribution in [1.82, 2.24) is 0 Å². The van der Waals surface area contributed by atoms with E-state index in [1.54, 1.807) is 0 Å². The first kappa shape index (κ1) is 34.7. The van der Waals surface area contributed by atoms with Crippen molar-refractivity contribution in [3.63, 3.8) is 0 Å². The molecule has 0 atom stereocenters. The molecule has 0 fully saturated rings. The summed E-state index contributed by atoms with van der Waals surface area (Å²) in [7, 11) is 0. The van der Waals surface area contributed by atoms with E-state index in [9.17, 15) is 0 Å². The van der Waals surface area contributed by atoms with Gasteiger partial charge in [-0.25, -0.2) is 0 Å². The van der Waals surface area contributed by atoms with Gasteiger partial charge in [-0.1, -0.05) is 201 Å². The van der Waals surface area contributed by atoms with Gasteiger partial charge in [-0.15, -0.1) is 0 Å². The predicted octanol–water partition coefficient (Wildman–Crippen LogP) is 16.7. The molecule has 0 spiro atoms. The molecule has 11 aromatic carbocycles. The molecule has 12 rings (SSSR count). The van der Waals surface area contributed by atoms with E-state index in [2.05, 4.69) is 221 Å². The third kappa shape index (κ3) is 5.04. The molecular formula is C60H42. The molecule has 0 saturated carbocycles. The first-order chi connectivity index (χ1) is 29.5. The minimum atomic E-state index is -0.0860. The van der Waals surface area contributed by atoms with Crippen molar-refractivity contribution in [2.75, 3.05) is 0 Å². The summed E-state index contributed by atoms with van der Waals surface area (Å²) < 4.78 is 0. The normalized spacial score (nSPS) is 13.1. The molecule has 0 nitrogen and oxygen atoms in total. The van der Waals surface area contributed by atoms with Crippen molar-refractivity contribution >= 4 is 53.9 Å². The lowest BCUT2D eigenvalue weighted by Crippen LogP contribution is -2.14. The molecule has 0 N–H and O–H groups in total. The van der Waals surface area contributed by atoms with Crippen LogP contribution < -0.4 is 0 Å². The van der Waals surface area contributed by atoms with Gasteiger partial charge in [-0.05, 0) is 146 Å². The van der Waals surface area contributed by atoms with Crippen LogP contribution in [0.1, 0.15) is 30.5 Å². The van der Waals surface area contributed by atoms with Crippen LogP contribution in [0.15, 0.2) is 200 Å². The first-order valence-corrected chi connectivity index (χ1v) is 21.2. The van der Waals surface area contributed by atoms with Gasteiger partial charge < -0.3 is 0 Å². The number of benzene rings is 11. The Bertz CT molecular complexity index is 3450. The van der Waals surface area contributed by atoms with Crippen LogP contribution in [0, 0.1) is 6.92 Å². The Morgan fingerprint density at radius 1 is 0.283 bits per heavy atom. The number of hydrogen-bond acceptors (Lipinski definition) is 0. The van der Waals surface area contributed by atoms with E-state index in [0.717, 1.165) is 0 Å². The summed E-state index contributed by atoms with van der Waals surface area (Å²) in [5.74, 6) is 0. The van der Waals surface area contributed by atoms with Gasteiger partial charge >= 0.3 is 0 Å². The molecule has 1 aliphatic carbocycles. The van der Waals surface area contributed by atoms with Crippen molar-refractivity contribution in [2.24, 2.45) is 0 Å². The quantitative estimate of drug-likeness (QED) is 0.157. The Labute approximate surface area is 351 Å². The first-order valence-electron chi connectivity index (χ1n) is 21.2. The molecule has 0 heterocycles. The molecule has 0 unspecified atom stereocenters. The Hall–Kier alpha value is -7.28. The van der Waals surface area contributed by atoms with E-state index in [-0.39, 0.29) is 5.41 Å². The molecule has 0 aromatic heterocycles. The summed E-state index contributed by atoms with van der Waals surface area (Å²) in [4.78, 5) is 0. The van der Waals surface area contributed by atoms with E-state index in [4.69, 9.17) is 0 Å². The SMILES string of the molecule is Cc1ccc2cc(-c3ccccc3)c(-c3c4ccccc4c(-c4c5ccccc5c(-c5ccc6c(c5)C(C)(C)c5ccccc5-6)c5ccccc45)c4ccccc34)cc2c1. The van der Waals surface area contributed by atoms with Crippen LogP contribution in [0.25, 0.3) is 109 Å². The van der Waals surface area contributed by atoms with E-state index < -0.39 is 0 Å². The third-order valence-electron chi connectivity index (χ3n) is 13.5. The average Bonchev–Trinajstić information content (AvgIpc) is 3.52. The molecular weight excluding hydrogens is 721 g/mol. The number of rotatable bonds is 4. The second-order valence-corrected chi connectivity index (χ2v) is 17.2. The Kier molecular flexibility index (Phi) is 7.59. The van der Waals surface area contributed by atoms with Crippen LogP contribution in [0.4, 0.5) is 0 Å². The fraction of sp³-hybridized carbons (Fsp3) is 0.0667. The summed E-state index contributed by atoms with van der Waals surface area (Å²) in [5, 5.41) is 12.6. The maximum Gasteiger partial charge on any atom is 0.0159 e. The van der Waals surface area contributed by atoms with Crippen LogP contribution in [0.2, 0.25) is 0 Å². The van der Waals surface area contributed by atoms with E-state index in [1.807, 2.05) is 0 Å². The van der Waals surface area contributed by atoms with Gasteiger partial charge in [-0.2, -0.15) is 0 Å². The number of fused-ring (bicyclic) bond motifs is 8. The van der Waals surface area contributed by atoms with Gasteiger partial charge in [0, 0.05) is 5.41 Å². The van der Waals surface area contributed by atoms with Crippen LogP contribution in [0.5, 0.6) is 0 Å². The molecule has 60 heavy (non-hydrogen) atoms. The number of hydrogen-bond donors (Lipinski definition) is 0. The summed E-state index contributed by atoms with van der Waals surface area (Å²) in [6, 6.07) is 75.2. The zero-order chi connectivity index (χ0) is 40.1. The van der Waals surface area contributed by atoms with Crippen molar-refractivity contribution < 1.29 is 0 Å². The highest BCUT2D eigenvalue weighted by molar-refractivity contribution is 6.30. The lowest BCUT2D eigenvalue weighted by atomic mass is 9.79. The van der Waals surface area contributed by atoms with Gasteiger partial charge in [0.05, 0.1) is 0 Å². The average molecular weight is 763 g/mol. The largest absolute Gasteiger partial charge is 0.0622 e. The van der Waals surface area contributed by atoms with Crippen LogP contribution in [-0.4, -0.2) is 0 Å². The van der Waals surface area contributed by atoms with Crippen LogP contribution in [-0.2, 0) is 5.41 Å². The van der Waals surface area contributed by atoms with Crippen molar-refractivity contribution in [3.8, 4) is 55.6 Å². The highest BCUT2D eigenvalue weighted by atomic mass is 14.4. The second-order valence-electron chi connectivity index (χ2n) is 17.2. The lowest BCUT2D eigenvalue weighted by molar-refractivity contribution is 0.660. The predicted molar refractivity (Wildman–Crippen MR) is 258 cm³/mol. The van der Waals surface area contributed by atoms with Crippen molar-refractivity contribution in [1.29, 1.82) is 0 Å². The van der Waals surface area contributed by atoms with Crippen LogP contribution in [0.3, 0.4) is 0 Å². The fourth-order valence-corrected chi connectivity index (χ4v) is 10.7. The standard InChI is InChI=1S/C60H42/c1-37-29-30-39-34-52(38-17-5-4-6-18-38)53(35-41(39)33-37)57-46-22-9-13-26-50(46)59(51-27-14-10-23-47(51)57)58-48-24-11-7-20-44(48)56(45-21-8-12-25-49(45)58)40-31-32-43-42-19-15-16-28-54(42)60(2,3)55(43)36-40/h4-36H,1-3H3. The van der Waals surface area contributed by atoms with Crippen LogP contribution >= 0.6 is 0 Å². The summed E-state index contributed by atoms with van der Waals surface area (Å²) in [5.41, 5.74) is 16.8. The summed E-state index contributed by atoms with van der Waals surface area (Å²) in [6.45, 7) is 6.94. The highest BCUT2D eigenvalue weighted by Gasteiger charge is 2.35. The number of aryl methyl sites for hydroxylation is 1. The third-order valence-corrected chi connectivity index (χ3v) is 13.5. The van der Waals surface area contributed by atoms with E-state index >= 15 is 0 Å². The Balaban J connectivity index is 1.18. The van der Waals surface area contributed by atoms with E-state index in [1.165, 1.54) is 126 Å². The topological polar surface area (TPSA) is 0 Å².